The Balaban J connectivity index is 1.83. The van der Waals surface area contributed by atoms with Crippen LogP contribution in [0.5, 0.6) is 0 Å². The van der Waals surface area contributed by atoms with E-state index in [1.54, 1.807) is 6.92 Å². The fourth-order valence-electron chi connectivity index (χ4n) is 3.43. The molecule has 1 atom stereocenters. The lowest BCUT2D eigenvalue weighted by Crippen LogP contribution is -2.37. The number of nitrogens with zero attached hydrogens (tertiary/aromatic N) is 1. The van der Waals surface area contributed by atoms with Crippen molar-refractivity contribution in [1.29, 1.82) is 0 Å². The number of likely N-dealkylation sites (tertiary alicyclic amines) is 1. The van der Waals surface area contributed by atoms with Crippen molar-refractivity contribution < 1.29 is 19.1 Å². The van der Waals surface area contributed by atoms with Crippen molar-refractivity contribution in [3.05, 3.63) is 58.0 Å². The highest BCUT2D eigenvalue weighted by Gasteiger charge is 2.33. The van der Waals surface area contributed by atoms with E-state index in [1.165, 1.54) is 6.26 Å². The Kier molecular flexibility index (Phi) is 5.13. The van der Waals surface area contributed by atoms with Gasteiger partial charge in [0.2, 0.25) is 0 Å². The molecule has 1 amide bonds. The van der Waals surface area contributed by atoms with Crippen molar-refractivity contribution in [2.45, 2.75) is 38.6 Å². The average molecular weight is 362 g/mol. The number of hydrogen-bond donors (Lipinski definition) is 1. The molecule has 1 aromatic heterocycles. The summed E-state index contributed by atoms with van der Waals surface area (Å²) in [5.41, 5.74) is 2.07. The second-order valence-corrected chi connectivity index (χ2v) is 6.78. The summed E-state index contributed by atoms with van der Waals surface area (Å²) < 4.78 is 5.31. The van der Waals surface area contributed by atoms with Gasteiger partial charge in [0.1, 0.15) is 12.2 Å². The van der Waals surface area contributed by atoms with Crippen molar-refractivity contribution in [3.63, 3.8) is 0 Å². The molecule has 2 aromatic rings. The lowest BCUT2D eigenvalue weighted by Gasteiger charge is -2.25. The lowest BCUT2D eigenvalue weighted by molar-refractivity contribution is -0.136. The lowest BCUT2D eigenvalue weighted by atomic mass is 10.0. The van der Waals surface area contributed by atoms with Crippen LogP contribution in [0.3, 0.4) is 0 Å². The van der Waals surface area contributed by atoms with Gasteiger partial charge in [-0.25, -0.2) is 0 Å². The summed E-state index contributed by atoms with van der Waals surface area (Å²) in [4.78, 5) is 25.9. The third-order valence-electron chi connectivity index (χ3n) is 4.63. The predicted molar refractivity (Wildman–Crippen MR) is 94.0 cm³/mol. The van der Waals surface area contributed by atoms with Crippen LogP contribution in [0.4, 0.5) is 0 Å². The van der Waals surface area contributed by atoms with Gasteiger partial charge in [-0.2, -0.15) is 0 Å². The summed E-state index contributed by atoms with van der Waals surface area (Å²) in [6.45, 7) is 2.42. The van der Waals surface area contributed by atoms with E-state index in [0.29, 0.717) is 29.1 Å². The Bertz CT molecular complexity index is 798. The number of aryl methyl sites for hydroxylation is 1. The van der Waals surface area contributed by atoms with Gasteiger partial charge in [-0.3, -0.25) is 9.59 Å². The Morgan fingerprint density at radius 2 is 2.12 bits per heavy atom. The normalized spacial score (nSPS) is 17.0. The van der Waals surface area contributed by atoms with E-state index in [4.69, 9.17) is 21.1 Å². The van der Waals surface area contributed by atoms with E-state index in [9.17, 15) is 9.59 Å². The van der Waals surface area contributed by atoms with E-state index < -0.39 is 5.97 Å². The number of benzene rings is 1. The first-order valence-electron chi connectivity index (χ1n) is 8.30. The Hall–Kier alpha value is -2.27. The minimum absolute atomic E-state index is 0.0550. The van der Waals surface area contributed by atoms with Crippen molar-refractivity contribution in [1.82, 2.24) is 4.90 Å². The molecule has 1 aliphatic rings. The van der Waals surface area contributed by atoms with Crippen LogP contribution in [0.25, 0.3) is 0 Å². The van der Waals surface area contributed by atoms with Crippen LogP contribution >= 0.6 is 11.6 Å². The highest BCUT2D eigenvalue weighted by molar-refractivity contribution is 6.31. The number of carbonyl (C=O) groups is 2. The van der Waals surface area contributed by atoms with Gasteiger partial charge in [-0.1, -0.05) is 29.8 Å². The Morgan fingerprint density at radius 3 is 2.84 bits per heavy atom. The molecular weight excluding hydrogens is 342 g/mol. The number of halogens is 1. The Morgan fingerprint density at radius 1 is 1.36 bits per heavy atom. The quantitative estimate of drug-likeness (QED) is 0.881. The van der Waals surface area contributed by atoms with Crippen molar-refractivity contribution in [2.75, 3.05) is 6.54 Å². The molecule has 6 heteroatoms. The summed E-state index contributed by atoms with van der Waals surface area (Å²) in [6.07, 6.45) is 3.67. The third-order valence-corrected chi connectivity index (χ3v) is 5.00. The van der Waals surface area contributed by atoms with Crippen LogP contribution in [0.15, 0.2) is 34.9 Å². The number of amides is 1. The summed E-state index contributed by atoms with van der Waals surface area (Å²) >= 11 is 6.25. The highest BCUT2D eigenvalue weighted by atomic mass is 35.5. The molecule has 1 saturated heterocycles. The average Bonchev–Trinajstić information content (AvgIpc) is 3.16. The van der Waals surface area contributed by atoms with Crippen LogP contribution in [-0.2, 0) is 17.6 Å². The molecule has 1 N–H and O–H groups in total. The second-order valence-electron chi connectivity index (χ2n) is 6.38. The topological polar surface area (TPSA) is 70.7 Å². The molecule has 0 bridgehead atoms. The fraction of sp³-hybridized carbons (Fsp3) is 0.368. The molecule has 5 nitrogen and oxygen atoms in total. The van der Waals surface area contributed by atoms with Crippen LogP contribution in [-0.4, -0.2) is 34.5 Å². The molecule has 3 rings (SSSR count). The maximum absolute atomic E-state index is 13.1. The van der Waals surface area contributed by atoms with E-state index in [1.807, 2.05) is 29.2 Å². The SMILES string of the molecule is Cc1coc(CC(=O)O)c1C(=O)N1CCCC1Cc1ccccc1Cl. The zero-order chi connectivity index (χ0) is 18.0. The number of carboxylic acids is 1. The largest absolute Gasteiger partial charge is 0.481 e. The number of furan rings is 1. The maximum atomic E-state index is 13.1. The van der Waals surface area contributed by atoms with Crippen LogP contribution in [0.1, 0.15) is 40.1 Å². The van der Waals surface area contributed by atoms with Crippen LogP contribution in [0, 0.1) is 6.92 Å². The number of aliphatic carboxylic acids is 1. The summed E-state index contributed by atoms with van der Waals surface area (Å²) in [6, 6.07) is 7.70. The zero-order valence-corrected chi connectivity index (χ0v) is 14.8. The Labute approximate surface area is 151 Å². The minimum Gasteiger partial charge on any atom is -0.481 e. The minimum atomic E-state index is -1.02. The summed E-state index contributed by atoms with van der Waals surface area (Å²) in [5.74, 6) is -0.951. The standard InChI is InChI=1S/C19H20ClNO4/c1-12-11-25-16(10-17(22)23)18(12)19(24)21-8-4-6-14(21)9-13-5-2-3-7-15(13)20/h2-3,5,7,11,14H,4,6,8-10H2,1H3,(H,22,23). The van der Waals surface area contributed by atoms with Gasteiger partial charge >= 0.3 is 5.97 Å². The number of carbonyl (C=O) groups excluding carboxylic acids is 1. The van der Waals surface area contributed by atoms with E-state index >= 15 is 0 Å². The van der Waals surface area contributed by atoms with Gasteiger partial charge in [0.15, 0.2) is 0 Å². The number of rotatable bonds is 5. The monoisotopic (exact) mass is 361 g/mol. The molecule has 0 saturated carbocycles. The van der Waals surface area contributed by atoms with Crippen molar-refractivity contribution in [2.24, 2.45) is 0 Å². The highest BCUT2D eigenvalue weighted by Crippen LogP contribution is 2.28. The fourth-order valence-corrected chi connectivity index (χ4v) is 3.64. The van der Waals surface area contributed by atoms with E-state index in [0.717, 1.165) is 18.4 Å². The molecule has 0 spiro atoms. The van der Waals surface area contributed by atoms with E-state index in [-0.39, 0.29) is 24.1 Å². The first-order chi connectivity index (χ1) is 12.0. The molecule has 25 heavy (non-hydrogen) atoms. The van der Waals surface area contributed by atoms with Gasteiger partial charge in [-0.15, -0.1) is 0 Å². The number of carboxylic acid groups (broad SMARTS) is 1. The van der Waals surface area contributed by atoms with Gasteiger partial charge in [0.25, 0.3) is 5.91 Å². The smallest absolute Gasteiger partial charge is 0.311 e. The van der Waals surface area contributed by atoms with Gasteiger partial charge < -0.3 is 14.4 Å². The van der Waals surface area contributed by atoms with Gasteiger partial charge in [0.05, 0.1) is 11.8 Å². The number of hydrogen-bond acceptors (Lipinski definition) is 3. The maximum Gasteiger partial charge on any atom is 0.311 e. The van der Waals surface area contributed by atoms with Crippen molar-refractivity contribution >= 4 is 23.5 Å². The molecule has 132 valence electrons. The van der Waals surface area contributed by atoms with Crippen molar-refractivity contribution in [3.8, 4) is 0 Å². The van der Waals surface area contributed by atoms with Gasteiger partial charge in [-0.05, 0) is 37.8 Å². The van der Waals surface area contributed by atoms with Crippen LogP contribution in [0.2, 0.25) is 5.02 Å². The zero-order valence-electron chi connectivity index (χ0n) is 14.0. The molecule has 2 heterocycles. The third kappa shape index (κ3) is 3.71. The van der Waals surface area contributed by atoms with Gasteiger partial charge in [0, 0.05) is 23.2 Å². The predicted octanol–water partition coefficient (Wildman–Crippen LogP) is 3.72. The first-order valence-corrected chi connectivity index (χ1v) is 8.68. The van der Waals surface area contributed by atoms with E-state index in [2.05, 4.69) is 0 Å². The molecule has 0 aliphatic carbocycles. The molecule has 0 radical (unpaired) electrons. The molecular formula is C19H20ClNO4. The molecule has 1 fully saturated rings. The molecule has 1 aliphatic heterocycles. The summed E-state index contributed by atoms with van der Waals surface area (Å²) in [5, 5.41) is 9.73. The molecule has 1 aromatic carbocycles. The second kappa shape index (κ2) is 7.31. The molecule has 1 unspecified atom stereocenters. The van der Waals surface area contributed by atoms with Crippen LogP contribution < -0.4 is 0 Å². The first kappa shape index (κ1) is 17.5. The summed E-state index contributed by atoms with van der Waals surface area (Å²) in [7, 11) is 0.